The van der Waals surface area contributed by atoms with E-state index in [1.54, 1.807) is 6.07 Å². The molecule has 18 heavy (non-hydrogen) atoms. The van der Waals surface area contributed by atoms with Crippen molar-refractivity contribution in [3.05, 3.63) is 20.3 Å². The molecule has 2 rings (SSSR count). The summed E-state index contributed by atoms with van der Waals surface area (Å²) in [7, 11) is 0. The molecule has 0 unspecified atom stereocenters. The van der Waals surface area contributed by atoms with Gasteiger partial charge in [-0.05, 0) is 18.9 Å². The van der Waals surface area contributed by atoms with Gasteiger partial charge in [-0.25, -0.2) is 0 Å². The minimum Gasteiger partial charge on any atom is -0.335 e. The van der Waals surface area contributed by atoms with E-state index in [9.17, 15) is 4.79 Å². The highest BCUT2D eigenvalue weighted by Gasteiger charge is 2.28. The first-order valence-corrected chi connectivity index (χ1v) is 8.64. The molecule has 0 spiro atoms. The van der Waals surface area contributed by atoms with Gasteiger partial charge in [0.25, 0.3) is 5.91 Å². The first kappa shape index (κ1) is 14.6. The molecule has 0 radical (unpaired) electrons. The third-order valence-electron chi connectivity index (χ3n) is 3.24. The summed E-state index contributed by atoms with van der Waals surface area (Å²) in [6, 6.07) is 2.03. The maximum Gasteiger partial charge on any atom is 0.256 e. The van der Waals surface area contributed by atoms with Gasteiger partial charge < -0.3 is 4.90 Å². The molecule has 1 heterocycles. The Kier molecular flexibility index (Phi) is 5.36. The largest absolute Gasteiger partial charge is 0.335 e. The van der Waals surface area contributed by atoms with E-state index in [1.807, 2.05) is 4.90 Å². The van der Waals surface area contributed by atoms with Crippen molar-refractivity contribution in [1.82, 2.24) is 4.90 Å². The van der Waals surface area contributed by atoms with Crippen LogP contribution in [0.3, 0.4) is 0 Å². The van der Waals surface area contributed by atoms with Crippen LogP contribution in [0.15, 0.2) is 6.07 Å². The lowest BCUT2D eigenvalue weighted by Crippen LogP contribution is -2.40. The van der Waals surface area contributed by atoms with Crippen molar-refractivity contribution in [2.75, 3.05) is 11.9 Å². The predicted molar refractivity (Wildman–Crippen MR) is 81.4 cm³/mol. The van der Waals surface area contributed by atoms with E-state index in [2.05, 4.69) is 15.9 Å². The molecule has 1 aromatic heterocycles. The molecule has 0 N–H and O–H groups in total. The lowest BCUT2D eigenvalue weighted by molar-refractivity contribution is 0.0697. The molecule has 1 aliphatic rings. The second-order valence-electron chi connectivity index (χ2n) is 4.36. The van der Waals surface area contributed by atoms with Crippen molar-refractivity contribution in [2.45, 2.75) is 31.7 Å². The van der Waals surface area contributed by atoms with Gasteiger partial charge in [0, 0.05) is 17.9 Å². The van der Waals surface area contributed by atoms with Crippen molar-refractivity contribution in [3.8, 4) is 0 Å². The Morgan fingerprint density at radius 1 is 1.44 bits per heavy atom. The van der Waals surface area contributed by atoms with E-state index in [0.717, 1.165) is 18.2 Å². The lowest BCUT2D eigenvalue weighted by Gasteiger charge is -2.28. The summed E-state index contributed by atoms with van der Waals surface area (Å²) in [5, 5.41) is 0.782. The number of halogens is 3. The third-order valence-corrected chi connectivity index (χ3v) is 5.08. The average molecular weight is 371 g/mol. The second-order valence-corrected chi connectivity index (χ2v) is 7.44. The summed E-state index contributed by atoms with van der Waals surface area (Å²) in [6.07, 6.45) is 4.59. The molecule has 0 aromatic carbocycles. The number of alkyl halides is 1. The van der Waals surface area contributed by atoms with Gasteiger partial charge in [-0.1, -0.05) is 52.0 Å². The summed E-state index contributed by atoms with van der Waals surface area (Å²) in [5.41, 5.74) is 0.541. The van der Waals surface area contributed by atoms with Crippen LogP contribution in [0.1, 0.15) is 36.0 Å². The topological polar surface area (TPSA) is 20.3 Å². The van der Waals surface area contributed by atoms with Gasteiger partial charge in [-0.15, -0.1) is 11.3 Å². The second kappa shape index (κ2) is 6.60. The number of carbonyl (C=O) groups is 1. The molecule has 0 atom stereocenters. The standard InChI is InChI=1S/C12H14BrCl2NOS/c13-5-6-16(8-3-1-2-4-8)12(17)9-7-10(14)18-11(9)15/h7-8H,1-6H2. The molecule has 1 fully saturated rings. The lowest BCUT2D eigenvalue weighted by atomic mass is 10.2. The molecule has 1 aliphatic carbocycles. The zero-order chi connectivity index (χ0) is 13.1. The van der Waals surface area contributed by atoms with Crippen LogP contribution in [0.4, 0.5) is 0 Å². The van der Waals surface area contributed by atoms with Gasteiger partial charge in [0.05, 0.1) is 9.90 Å². The molecule has 2 nitrogen and oxygen atoms in total. The maximum absolute atomic E-state index is 12.5. The van der Waals surface area contributed by atoms with Crippen LogP contribution in [0, 0.1) is 0 Å². The van der Waals surface area contributed by atoms with Gasteiger partial charge in [0.2, 0.25) is 0 Å². The fourth-order valence-electron chi connectivity index (χ4n) is 2.40. The SMILES string of the molecule is O=C(c1cc(Cl)sc1Cl)N(CCBr)C1CCCC1. The normalized spacial score (nSPS) is 16.2. The fraction of sp³-hybridized carbons (Fsp3) is 0.583. The number of hydrogen-bond donors (Lipinski definition) is 0. The zero-order valence-corrected chi connectivity index (χ0v) is 13.7. The Morgan fingerprint density at radius 3 is 2.61 bits per heavy atom. The molecule has 0 aliphatic heterocycles. The summed E-state index contributed by atoms with van der Waals surface area (Å²) in [4.78, 5) is 14.5. The van der Waals surface area contributed by atoms with Gasteiger partial charge in [0.1, 0.15) is 4.34 Å². The van der Waals surface area contributed by atoms with E-state index in [0.29, 0.717) is 26.8 Å². The molecule has 1 amide bonds. The molecular formula is C12H14BrCl2NOS. The summed E-state index contributed by atoms with van der Waals surface area (Å²) in [6.45, 7) is 0.716. The van der Waals surface area contributed by atoms with Crippen LogP contribution in [-0.2, 0) is 0 Å². The van der Waals surface area contributed by atoms with Crippen molar-refractivity contribution < 1.29 is 4.79 Å². The Balaban J connectivity index is 2.19. The van der Waals surface area contributed by atoms with E-state index >= 15 is 0 Å². The molecule has 1 aromatic rings. The highest BCUT2D eigenvalue weighted by Crippen LogP contribution is 2.33. The van der Waals surface area contributed by atoms with Crippen LogP contribution in [-0.4, -0.2) is 28.7 Å². The molecule has 100 valence electrons. The van der Waals surface area contributed by atoms with E-state index in [1.165, 1.54) is 24.2 Å². The number of nitrogens with zero attached hydrogens (tertiary/aromatic N) is 1. The Bertz CT molecular complexity index is 432. The third kappa shape index (κ3) is 3.21. The van der Waals surface area contributed by atoms with Gasteiger partial charge in [-0.3, -0.25) is 4.79 Å². The summed E-state index contributed by atoms with van der Waals surface area (Å²) in [5.74, 6) is 0.00880. The molecular weight excluding hydrogens is 357 g/mol. The summed E-state index contributed by atoms with van der Waals surface area (Å²) >= 11 is 16.6. The predicted octanol–water partition coefficient (Wildman–Crippen LogP) is 4.83. The van der Waals surface area contributed by atoms with Gasteiger partial charge in [-0.2, -0.15) is 0 Å². The first-order valence-electron chi connectivity index (χ1n) is 5.95. The van der Waals surface area contributed by atoms with Crippen molar-refractivity contribution in [3.63, 3.8) is 0 Å². The smallest absolute Gasteiger partial charge is 0.256 e. The fourth-order valence-corrected chi connectivity index (χ4v) is 4.23. The Morgan fingerprint density at radius 2 is 2.11 bits per heavy atom. The van der Waals surface area contributed by atoms with Gasteiger partial charge in [0.15, 0.2) is 0 Å². The maximum atomic E-state index is 12.5. The first-order chi connectivity index (χ1) is 8.63. The minimum atomic E-state index is 0.00880. The molecule has 1 saturated carbocycles. The monoisotopic (exact) mass is 369 g/mol. The minimum absolute atomic E-state index is 0.00880. The van der Waals surface area contributed by atoms with Gasteiger partial charge >= 0.3 is 0 Å². The van der Waals surface area contributed by atoms with E-state index in [4.69, 9.17) is 23.2 Å². The average Bonchev–Trinajstić information content (AvgIpc) is 2.95. The number of thiophene rings is 1. The quantitative estimate of drug-likeness (QED) is 0.694. The van der Waals surface area contributed by atoms with Crippen LogP contribution < -0.4 is 0 Å². The van der Waals surface area contributed by atoms with Crippen LogP contribution in [0.5, 0.6) is 0 Å². The highest BCUT2D eigenvalue weighted by molar-refractivity contribution is 9.09. The van der Waals surface area contributed by atoms with Crippen LogP contribution >= 0.6 is 50.5 Å². The Labute approximate surface area is 129 Å². The van der Waals surface area contributed by atoms with Crippen molar-refractivity contribution >= 4 is 56.4 Å². The highest BCUT2D eigenvalue weighted by atomic mass is 79.9. The summed E-state index contributed by atoms with van der Waals surface area (Å²) < 4.78 is 1.05. The zero-order valence-electron chi connectivity index (χ0n) is 9.79. The van der Waals surface area contributed by atoms with Crippen molar-refractivity contribution in [2.24, 2.45) is 0 Å². The number of carbonyl (C=O) groups excluding carboxylic acids is 1. The molecule has 6 heteroatoms. The number of amides is 1. The van der Waals surface area contributed by atoms with E-state index in [-0.39, 0.29) is 5.91 Å². The molecule has 0 saturated heterocycles. The van der Waals surface area contributed by atoms with Crippen molar-refractivity contribution in [1.29, 1.82) is 0 Å². The molecule has 0 bridgehead atoms. The van der Waals surface area contributed by atoms with Crippen LogP contribution in [0.25, 0.3) is 0 Å². The number of hydrogen-bond acceptors (Lipinski definition) is 2. The Hall–Kier alpha value is 0.230. The number of rotatable bonds is 4. The van der Waals surface area contributed by atoms with Crippen LogP contribution in [0.2, 0.25) is 8.67 Å². The van der Waals surface area contributed by atoms with E-state index < -0.39 is 0 Å².